The second kappa shape index (κ2) is 4.54. The molecule has 0 aliphatic heterocycles. The fourth-order valence-corrected chi connectivity index (χ4v) is 0.897. The topological polar surface area (TPSA) is 66.4 Å². The normalized spacial score (nSPS) is 14.1. The predicted molar refractivity (Wildman–Crippen MR) is 49.6 cm³/mol. The molecule has 7 heteroatoms. The van der Waals surface area contributed by atoms with Gasteiger partial charge in [0.15, 0.2) is 0 Å². The van der Waals surface area contributed by atoms with Gasteiger partial charge in [0.05, 0.1) is 0 Å². The molecule has 0 heterocycles. The van der Waals surface area contributed by atoms with Crippen molar-refractivity contribution in [3.63, 3.8) is 0 Å². The highest BCUT2D eigenvalue weighted by molar-refractivity contribution is 5.87. The van der Waals surface area contributed by atoms with Gasteiger partial charge in [0.25, 0.3) is 0 Å². The molecule has 16 heavy (non-hydrogen) atoms. The Balaban J connectivity index is 4.93. The van der Waals surface area contributed by atoms with E-state index in [4.69, 9.17) is 5.11 Å². The standard InChI is InChI=1S/C9H12F3NO3/c1-4-8(2,3)5(6(14)15)13-7(16)9(10,11)12/h4-5H,1H2,2-3H3,(H,13,16)(H,14,15)/t5-/m1/s1. The van der Waals surface area contributed by atoms with E-state index in [9.17, 15) is 22.8 Å². The molecule has 0 saturated heterocycles. The first-order valence-electron chi connectivity index (χ1n) is 4.26. The first-order valence-corrected chi connectivity index (χ1v) is 4.26. The van der Waals surface area contributed by atoms with Crippen LogP contribution >= 0.6 is 0 Å². The lowest BCUT2D eigenvalue weighted by Crippen LogP contribution is -2.53. The van der Waals surface area contributed by atoms with Crippen molar-refractivity contribution >= 4 is 11.9 Å². The zero-order valence-corrected chi connectivity index (χ0v) is 8.76. The van der Waals surface area contributed by atoms with Crippen molar-refractivity contribution in [1.82, 2.24) is 5.32 Å². The maximum absolute atomic E-state index is 11.9. The number of carbonyl (C=O) groups is 2. The van der Waals surface area contributed by atoms with Crippen molar-refractivity contribution in [3.8, 4) is 0 Å². The molecule has 0 aromatic rings. The van der Waals surface area contributed by atoms with Crippen LogP contribution < -0.4 is 5.32 Å². The van der Waals surface area contributed by atoms with Crippen LogP contribution in [0.15, 0.2) is 12.7 Å². The van der Waals surface area contributed by atoms with Gasteiger partial charge in [-0.15, -0.1) is 6.58 Å². The number of rotatable bonds is 4. The van der Waals surface area contributed by atoms with E-state index in [-0.39, 0.29) is 0 Å². The Labute approximate surface area is 90.1 Å². The number of alkyl halides is 3. The van der Waals surface area contributed by atoms with Crippen molar-refractivity contribution in [2.24, 2.45) is 5.41 Å². The number of hydrogen-bond donors (Lipinski definition) is 2. The van der Waals surface area contributed by atoms with Gasteiger partial charge in [0, 0.05) is 5.41 Å². The summed E-state index contributed by atoms with van der Waals surface area (Å²) in [6.45, 7) is 6.02. The van der Waals surface area contributed by atoms with E-state index in [1.54, 1.807) is 0 Å². The van der Waals surface area contributed by atoms with Crippen LogP contribution in [0.1, 0.15) is 13.8 Å². The van der Waals surface area contributed by atoms with Gasteiger partial charge in [-0.2, -0.15) is 13.2 Å². The summed E-state index contributed by atoms with van der Waals surface area (Å²) in [5.74, 6) is -3.84. The Kier molecular flexibility index (Phi) is 4.11. The van der Waals surface area contributed by atoms with Crippen LogP contribution in [0.4, 0.5) is 13.2 Å². The molecule has 0 unspecified atom stereocenters. The van der Waals surface area contributed by atoms with Gasteiger partial charge in [0.2, 0.25) is 0 Å². The third-order valence-corrected chi connectivity index (χ3v) is 2.05. The minimum absolute atomic E-state index is 1.17. The molecule has 0 saturated carbocycles. The monoisotopic (exact) mass is 239 g/mol. The van der Waals surface area contributed by atoms with E-state index < -0.39 is 29.5 Å². The molecule has 1 amide bonds. The summed E-state index contributed by atoms with van der Waals surface area (Å²) >= 11 is 0. The molecule has 1 atom stereocenters. The second-order valence-electron chi connectivity index (χ2n) is 3.77. The summed E-state index contributed by atoms with van der Waals surface area (Å²) in [5, 5.41) is 10.1. The molecule has 0 fully saturated rings. The van der Waals surface area contributed by atoms with Gasteiger partial charge in [-0.25, -0.2) is 4.79 Å². The number of amides is 1. The molecule has 0 aromatic carbocycles. The largest absolute Gasteiger partial charge is 0.480 e. The smallest absolute Gasteiger partial charge is 0.471 e. The molecular weight excluding hydrogens is 227 g/mol. The van der Waals surface area contributed by atoms with E-state index in [2.05, 4.69) is 6.58 Å². The van der Waals surface area contributed by atoms with Crippen LogP contribution in [0, 0.1) is 5.41 Å². The lowest BCUT2D eigenvalue weighted by molar-refractivity contribution is -0.176. The molecule has 0 aromatic heterocycles. The average Bonchev–Trinajstić information content (AvgIpc) is 2.11. The summed E-state index contributed by atoms with van der Waals surface area (Å²) in [7, 11) is 0. The third kappa shape index (κ3) is 3.56. The zero-order valence-electron chi connectivity index (χ0n) is 8.76. The van der Waals surface area contributed by atoms with E-state index in [1.807, 2.05) is 0 Å². The molecule has 0 radical (unpaired) electrons. The summed E-state index contributed by atoms with van der Waals surface area (Å²) in [6, 6.07) is -1.68. The average molecular weight is 239 g/mol. The molecular formula is C9H12F3NO3. The van der Waals surface area contributed by atoms with Crippen molar-refractivity contribution < 1.29 is 27.9 Å². The van der Waals surface area contributed by atoms with Gasteiger partial charge in [0.1, 0.15) is 6.04 Å². The number of carboxylic acids is 1. The minimum atomic E-state index is -5.11. The maximum Gasteiger partial charge on any atom is 0.471 e. The molecule has 2 N–H and O–H groups in total. The van der Waals surface area contributed by atoms with Crippen LogP contribution in [-0.2, 0) is 9.59 Å². The van der Waals surface area contributed by atoms with Gasteiger partial charge in [-0.1, -0.05) is 19.9 Å². The Bertz CT molecular complexity index is 310. The van der Waals surface area contributed by atoms with Crippen LogP contribution in [0.2, 0.25) is 0 Å². The molecule has 0 spiro atoms. The number of carbonyl (C=O) groups excluding carboxylic acids is 1. The van der Waals surface area contributed by atoms with Crippen molar-refractivity contribution in [3.05, 3.63) is 12.7 Å². The van der Waals surface area contributed by atoms with Crippen LogP contribution in [0.25, 0.3) is 0 Å². The highest BCUT2D eigenvalue weighted by Crippen LogP contribution is 2.24. The van der Waals surface area contributed by atoms with E-state index in [1.165, 1.54) is 25.2 Å². The van der Waals surface area contributed by atoms with Gasteiger partial charge in [-0.05, 0) is 0 Å². The van der Waals surface area contributed by atoms with Gasteiger partial charge < -0.3 is 10.4 Å². The Morgan fingerprint density at radius 1 is 1.38 bits per heavy atom. The molecule has 92 valence electrons. The summed E-state index contributed by atoms with van der Waals surface area (Å²) in [6.07, 6.45) is -3.94. The lowest BCUT2D eigenvalue weighted by Gasteiger charge is -2.28. The second-order valence-corrected chi connectivity index (χ2v) is 3.77. The van der Waals surface area contributed by atoms with Gasteiger partial charge >= 0.3 is 18.1 Å². The van der Waals surface area contributed by atoms with Crippen LogP contribution in [0.3, 0.4) is 0 Å². The first-order chi connectivity index (χ1) is 7.02. The molecule has 0 bridgehead atoms. The first kappa shape index (κ1) is 14.5. The quantitative estimate of drug-likeness (QED) is 0.727. The van der Waals surface area contributed by atoms with Crippen LogP contribution in [-0.4, -0.2) is 29.2 Å². The van der Waals surface area contributed by atoms with E-state index in [0.717, 1.165) is 0 Å². The highest BCUT2D eigenvalue weighted by atomic mass is 19.4. The molecule has 4 nitrogen and oxygen atoms in total. The Morgan fingerprint density at radius 2 is 1.81 bits per heavy atom. The number of aliphatic carboxylic acids is 1. The van der Waals surface area contributed by atoms with Crippen molar-refractivity contribution in [2.45, 2.75) is 26.1 Å². The Hall–Kier alpha value is -1.53. The summed E-state index contributed by atoms with van der Waals surface area (Å²) in [4.78, 5) is 21.3. The SMILES string of the molecule is C=CC(C)(C)[C@H](NC(=O)C(F)(F)F)C(=O)O. The number of nitrogens with one attached hydrogen (secondary N) is 1. The van der Waals surface area contributed by atoms with E-state index in [0.29, 0.717) is 0 Å². The fraction of sp³-hybridized carbons (Fsp3) is 0.556. The third-order valence-electron chi connectivity index (χ3n) is 2.05. The highest BCUT2D eigenvalue weighted by Gasteiger charge is 2.43. The number of carboxylic acid groups (broad SMARTS) is 1. The molecule has 0 aliphatic rings. The fourth-order valence-electron chi connectivity index (χ4n) is 0.897. The van der Waals surface area contributed by atoms with Crippen molar-refractivity contribution in [2.75, 3.05) is 0 Å². The zero-order chi connectivity index (χ0) is 13.1. The Morgan fingerprint density at radius 3 is 2.06 bits per heavy atom. The molecule has 0 aliphatic carbocycles. The summed E-state index contributed by atoms with van der Waals surface area (Å²) < 4.78 is 35.8. The van der Waals surface area contributed by atoms with Gasteiger partial charge in [-0.3, -0.25) is 4.79 Å². The maximum atomic E-state index is 11.9. The predicted octanol–water partition coefficient (Wildman–Crippen LogP) is 1.33. The minimum Gasteiger partial charge on any atom is -0.480 e. The number of halogens is 3. The molecule has 0 rings (SSSR count). The summed E-state index contributed by atoms with van der Waals surface area (Å²) in [5.41, 5.74) is -1.19. The van der Waals surface area contributed by atoms with Crippen LogP contribution in [0.5, 0.6) is 0 Å². The number of hydrogen-bond acceptors (Lipinski definition) is 2. The lowest BCUT2D eigenvalue weighted by atomic mass is 9.84. The van der Waals surface area contributed by atoms with Crippen molar-refractivity contribution in [1.29, 1.82) is 0 Å². The van der Waals surface area contributed by atoms with E-state index >= 15 is 0 Å².